The van der Waals surface area contributed by atoms with Crippen molar-refractivity contribution in [1.82, 2.24) is 14.9 Å². The minimum Gasteiger partial charge on any atom is -0.329 e. The molecule has 2 aromatic rings. The Morgan fingerprint density at radius 1 is 1.25 bits per heavy atom. The van der Waals surface area contributed by atoms with Crippen molar-refractivity contribution in [1.29, 1.82) is 0 Å². The van der Waals surface area contributed by atoms with E-state index in [0.29, 0.717) is 23.9 Å². The van der Waals surface area contributed by atoms with Crippen LogP contribution in [-0.2, 0) is 11.2 Å². The van der Waals surface area contributed by atoms with Gasteiger partial charge >= 0.3 is 0 Å². The van der Waals surface area contributed by atoms with Crippen LogP contribution in [0.15, 0.2) is 30.5 Å². The van der Waals surface area contributed by atoms with E-state index in [1.54, 1.807) is 11.1 Å². The van der Waals surface area contributed by atoms with E-state index in [2.05, 4.69) is 29.1 Å². The molecule has 1 aliphatic carbocycles. The predicted octanol–water partition coefficient (Wildman–Crippen LogP) is 3.50. The molecule has 2 aliphatic rings. The number of rotatable bonds is 5. The van der Waals surface area contributed by atoms with Gasteiger partial charge in [0.1, 0.15) is 12.4 Å². The summed E-state index contributed by atoms with van der Waals surface area (Å²) in [6.07, 6.45) is 5.47. The lowest BCUT2D eigenvalue weighted by atomic mass is 10.0. The minimum atomic E-state index is -0.190. The number of aryl methyl sites for hydroxylation is 1. The Hall–Kier alpha value is -2.76. The van der Waals surface area contributed by atoms with E-state index in [0.717, 1.165) is 42.9 Å². The quantitative estimate of drug-likeness (QED) is 0.864. The predicted molar refractivity (Wildman–Crippen MR) is 107 cm³/mol. The number of hydrogen-bond acceptors (Lipinski definition) is 4. The summed E-state index contributed by atoms with van der Waals surface area (Å²) in [7, 11) is 0. The summed E-state index contributed by atoms with van der Waals surface area (Å²) in [6.45, 7) is 4.85. The van der Waals surface area contributed by atoms with E-state index in [1.807, 2.05) is 24.3 Å². The average Bonchev–Trinajstić information content (AvgIpc) is 3.52. The van der Waals surface area contributed by atoms with E-state index in [1.165, 1.54) is 5.56 Å². The summed E-state index contributed by atoms with van der Waals surface area (Å²) in [5, 5.41) is 2.89. The highest BCUT2D eigenvalue weighted by Crippen LogP contribution is 2.38. The van der Waals surface area contributed by atoms with Crippen molar-refractivity contribution < 1.29 is 9.59 Å². The number of carbonyl (C=O) groups is 2. The Bertz CT molecular complexity index is 888. The highest BCUT2D eigenvalue weighted by Gasteiger charge is 2.30. The summed E-state index contributed by atoms with van der Waals surface area (Å²) in [4.78, 5) is 36.0. The van der Waals surface area contributed by atoms with E-state index in [-0.39, 0.29) is 18.4 Å². The van der Waals surface area contributed by atoms with Crippen molar-refractivity contribution in [2.45, 2.75) is 51.4 Å². The number of anilines is 1. The number of amides is 2. The van der Waals surface area contributed by atoms with Gasteiger partial charge in [-0.3, -0.25) is 9.59 Å². The van der Waals surface area contributed by atoms with Gasteiger partial charge in [-0.05, 0) is 49.3 Å². The van der Waals surface area contributed by atoms with E-state index < -0.39 is 0 Å². The van der Waals surface area contributed by atoms with Gasteiger partial charge in [0.2, 0.25) is 5.91 Å². The van der Waals surface area contributed by atoms with E-state index in [4.69, 9.17) is 0 Å². The van der Waals surface area contributed by atoms with Crippen LogP contribution in [0.3, 0.4) is 0 Å². The van der Waals surface area contributed by atoms with Gasteiger partial charge < -0.3 is 10.2 Å². The average molecular weight is 378 g/mol. The number of carbonyl (C=O) groups excluding carboxylic acids is 2. The zero-order chi connectivity index (χ0) is 19.7. The fourth-order valence-electron chi connectivity index (χ4n) is 3.53. The SMILES string of the molecule is CC(C)c1ccc(NC(=O)CN2CCCc3nc(C4CC4)ncc3C2=O)cc1. The van der Waals surface area contributed by atoms with Crippen molar-refractivity contribution >= 4 is 17.5 Å². The summed E-state index contributed by atoms with van der Waals surface area (Å²) in [5.74, 6) is 1.43. The molecule has 0 bridgehead atoms. The van der Waals surface area contributed by atoms with Gasteiger partial charge in [0.05, 0.1) is 11.3 Å². The summed E-state index contributed by atoms with van der Waals surface area (Å²) >= 11 is 0. The molecule has 2 amide bonds. The molecular weight excluding hydrogens is 352 g/mol. The Morgan fingerprint density at radius 2 is 2.00 bits per heavy atom. The highest BCUT2D eigenvalue weighted by molar-refractivity contribution is 6.00. The third-order valence-corrected chi connectivity index (χ3v) is 5.38. The van der Waals surface area contributed by atoms with Crippen LogP contribution < -0.4 is 5.32 Å². The second-order valence-corrected chi connectivity index (χ2v) is 8.02. The lowest BCUT2D eigenvalue weighted by molar-refractivity contribution is -0.116. The largest absolute Gasteiger partial charge is 0.329 e. The van der Waals surface area contributed by atoms with Crippen molar-refractivity contribution in [3.8, 4) is 0 Å². The fraction of sp³-hybridized carbons (Fsp3) is 0.455. The zero-order valence-electron chi connectivity index (χ0n) is 16.4. The number of benzene rings is 1. The van der Waals surface area contributed by atoms with Gasteiger partial charge in [0.15, 0.2) is 0 Å². The first-order chi connectivity index (χ1) is 13.5. The molecule has 0 unspecified atom stereocenters. The first kappa shape index (κ1) is 18.6. The Morgan fingerprint density at radius 3 is 2.68 bits per heavy atom. The Labute approximate surface area is 165 Å². The molecule has 0 saturated heterocycles. The maximum atomic E-state index is 12.9. The van der Waals surface area contributed by atoms with Crippen LogP contribution in [0, 0.1) is 0 Å². The molecule has 6 heteroatoms. The Kier molecular flexibility index (Phi) is 5.11. The molecule has 1 N–H and O–H groups in total. The third kappa shape index (κ3) is 4.06. The molecule has 1 saturated carbocycles. The van der Waals surface area contributed by atoms with Gasteiger partial charge in [-0.25, -0.2) is 9.97 Å². The zero-order valence-corrected chi connectivity index (χ0v) is 16.4. The minimum absolute atomic E-state index is 0.0363. The molecule has 0 atom stereocenters. The second kappa shape index (κ2) is 7.70. The summed E-state index contributed by atoms with van der Waals surface area (Å²) < 4.78 is 0. The molecule has 1 aromatic carbocycles. The third-order valence-electron chi connectivity index (χ3n) is 5.38. The number of hydrogen-bond donors (Lipinski definition) is 1. The number of nitrogens with one attached hydrogen (secondary N) is 1. The number of fused-ring (bicyclic) bond motifs is 1. The van der Waals surface area contributed by atoms with Crippen molar-refractivity contribution in [2.75, 3.05) is 18.4 Å². The maximum Gasteiger partial charge on any atom is 0.257 e. The van der Waals surface area contributed by atoms with Gasteiger partial charge in [0.25, 0.3) is 5.91 Å². The summed E-state index contributed by atoms with van der Waals surface area (Å²) in [6, 6.07) is 7.84. The van der Waals surface area contributed by atoms with Crippen LogP contribution in [0.2, 0.25) is 0 Å². The molecule has 0 spiro atoms. The molecule has 2 heterocycles. The van der Waals surface area contributed by atoms with Crippen molar-refractivity contribution in [2.24, 2.45) is 0 Å². The number of aromatic nitrogens is 2. The van der Waals surface area contributed by atoms with Gasteiger partial charge in [0, 0.05) is 24.3 Å². The topological polar surface area (TPSA) is 75.2 Å². The second-order valence-electron chi connectivity index (χ2n) is 8.02. The summed E-state index contributed by atoms with van der Waals surface area (Å²) in [5.41, 5.74) is 3.34. The molecule has 0 radical (unpaired) electrons. The van der Waals surface area contributed by atoms with Crippen LogP contribution in [-0.4, -0.2) is 39.8 Å². The Balaban J connectivity index is 1.42. The van der Waals surface area contributed by atoms with Gasteiger partial charge in [-0.1, -0.05) is 26.0 Å². The van der Waals surface area contributed by atoms with E-state index in [9.17, 15) is 9.59 Å². The fourth-order valence-corrected chi connectivity index (χ4v) is 3.53. The van der Waals surface area contributed by atoms with Crippen LogP contribution in [0.4, 0.5) is 5.69 Å². The van der Waals surface area contributed by atoms with Gasteiger partial charge in [-0.15, -0.1) is 0 Å². The number of nitrogens with zero attached hydrogens (tertiary/aromatic N) is 3. The molecule has 1 aromatic heterocycles. The molecular formula is C22H26N4O2. The van der Waals surface area contributed by atoms with Crippen LogP contribution in [0.25, 0.3) is 0 Å². The van der Waals surface area contributed by atoms with Crippen LogP contribution in [0.1, 0.15) is 72.4 Å². The standard InChI is InChI=1S/C22H26N4O2/c1-14(2)15-7-9-17(10-8-15)24-20(27)13-26-11-3-4-19-18(22(26)28)12-23-21(25-19)16-5-6-16/h7-10,12,14,16H,3-6,11,13H2,1-2H3,(H,24,27). The van der Waals surface area contributed by atoms with Crippen LogP contribution in [0.5, 0.6) is 0 Å². The molecule has 4 rings (SSSR count). The van der Waals surface area contributed by atoms with Crippen LogP contribution >= 0.6 is 0 Å². The first-order valence-electron chi connectivity index (χ1n) is 10.1. The smallest absolute Gasteiger partial charge is 0.257 e. The molecule has 1 aliphatic heterocycles. The lowest BCUT2D eigenvalue weighted by Gasteiger charge is -2.20. The molecule has 146 valence electrons. The highest BCUT2D eigenvalue weighted by atomic mass is 16.2. The normalized spacial score (nSPS) is 16.7. The first-order valence-corrected chi connectivity index (χ1v) is 10.1. The van der Waals surface area contributed by atoms with Crippen molar-refractivity contribution in [3.63, 3.8) is 0 Å². The lowest BCUT2D eigenvalue weighted by Crippen LogP contribution is -2.38. The monoisotopic (exact) mass is 378 g/mol. The molecule has 28 heavy (non-hydrogen) atoms. The molecule has 1 fully saturated rings. The van der Waals surface area contributed by atoms with Crippen molar-refractivity contribution in [3.05, 3.63) is 53.1 Å². The maximum absolute atomic E-state index is 12.9. The van der Waals surface area contributed by atoms with E-state index >= 15 is 0 Å². The molecule has 6 nitrogen and oxygen atoms in total. The van der Waals surface area contributed by atoms with Gasteiger partial charge in [-0.2, -0.15) is 0 Å².